The first-order valence-corrected chi connectivity index (χ1v) is 3.88. The van der Waals surface area contributed by atoms with E-state index in [9.17, 15) is 0 Å². The fourth-order valence-corrected chi connectivity index (χ4v) is 1.33. The van der Waals surface area contributed by atoms with E-state index >= 15 is 0 Å². The van der Waals surface area contributed by atoms with E-state index in [0.717, 1.165) is 0 Å². The van der Waals surface area contributed by atoms with E-state index < -0.39 is 0 Å². The zero-order valence-corrected chi connectivity index (χ0v) is 7.90. The van der Waals surface area contributed by atoms with Gasteiger partial charge in [-0.1, -0.05) is 16.4 Å². The molecule has 0 atom stereocenters. The van der Waals surface area contributed by atoms with Gasteiger partial charge in [0.1, 0.15) is 5.02 Å². The van der Waals surface area contributed by atoms with Crippen LogP contribution in [0.5, 0.6) is 0 Å². The standard InChI is InChI=1S/C3HBr2ClN2O/c4-2-1(6)3(5)8(9)7-2/h9H. The van der Waals surface area contributed by atoms with Crippen molar-refractivity contribution in [2.24, 2.45) is 0 Å². The summed E-state index contributed by atoms with van der Waals surface area (Å²) in [6.07, 6.45) is 0. The third-order valence-corrected chi connectivity index (χ3v) is 2.80. The second-order valence-corrected chi connectivity index (χ2v) is 3.17. The van der Waals surface area contributed by atoms with E-state index in [0.29, 0.717) is 19.1 Å². The molecule has 0 radical (unpaired) electrons. The quantitative estimate of drug-likeness (QED) is 0.738. The van der Waals surface area contributed by atoms with Crippen LogP contribution in [0.3, 0.4) is 0 Å². The first-order chi connectivity index (χ1) is 4.13. The van der Waals surface area contributed by atoms with E-state index in [1.165, 1.54) is 0 Å². The number of aromatic nitrogens is 2. The highest BCUT2D eigenvalue weighted by molar-refractivity contribution is 9.11. The fourth-order valence-electron chi connectivity index (χ4n) is 0.344. The molecule has 0 unspecified atom stereocenters. The number of hydrogen-bond donors (Lipinski definition) is 1. The van der Waals surface area contributed by atoms with Gasteiger partial charge in [0.25, 0.3) is 0 Å². The zero-order chi connectivity index (χ0) is 7.02. The summed E-state index contributed by atoms with van der Waals surface area (Å²) in [5, 5.41) is 12.6. The highest BCUT2D eigenvalue weighted by Crippen LogP contribution is 2.28. The van der Waals surface area contributed by atoms with Crippen LogP contribution in [0.2, 0.25) is 5.02 Å². The minimum Gasteiger partial charge on any atom is -0.411 e. The Balaban J connectivity index is 3.29. The Morgan fingerprint density at radius 1 is 1.56 bits per heavy atom. The molecular formula is C3HBr2ClN2O. The number of rotatable bonds is 0. The van der Waals surface area contributed by atoms with Gasteiger partial charge in [-0.15, -0.1) is 5.10 Å². The summed E-state index contributed by atoms with van der Waals surface area (Å²) in [6.45, 7) is 0. The molecule has 1 aromatic rings. The molecule has 0 aliphatic rings. The summed E-state index contributed by atoms with van der Waals surface area (Å²) in [5.41, 5.74) is 0. The van der Waals surface area contributed by atoms with Crippen LogP contribution in [0.1, 0.15) is 0 Å². The third kappa shape index (κ3) is 1.22. The van der Waals surface area contributed by atoms with Gasteiger partial charge in [0.2, 0.25) is 0 Å². The van der Waals surface area contributed by atoms with Crippen molar-refractivity contribution in [1.29, 1.82) is 0 Å². The summed E-state index contributed by atoms with van der Waals surface area (Å²) in [7, 11) is 0. The van der Waals surface area contributed by atoms with Crippen LogP contribution in [0.25, 0.3) is 0 Å². The molecule has 0 aromatic carbocycles. The fraction of sp³-hybridized carbons (Fsp3) is 0. The molecule has 1 heterocycles. The minimum absolute atomic E-state index is 0.344. The topological polar surface area (TPSA) is 38.0 Å². The summed E-state index contributed by atoms with van der Waals surface area (Å²) in [6, 6.07) is 0. The maximum Gasteiger partial charge on any atom is 0.165 e. The van der Waals surface area contributed by atoms with Gasteiger partial charge in [-0.3, -0.25) is 0 Å². The molecule has 0 aliphatic heterocycles. The van der Waals surface area contributed by atoms with Crippen LogP contribution in [-0.2, 0) is 0 Å². The van der Waals surface area contributed by atoms with Gasteiger partial charge in [0.15, 0.2) is 9.21 Å². The van der Waals surface area contributed by atoms with E-state index in [1.54, 1.807) is 0 Å². The molecule has 1 rings (SSSR count). The Morgan fingerprint density at radius 2 is 2.11 bits per heavy atom. The lowest BCUT2D eigenvalue weighted by Gasteiger charge is -1.85. The maximum atomic E-state index is 8.77. The Hall–Kier alpha value is 0.260. The molecule has 9 heavy (non-hydrogen) atoms. The van der Waals surface area contributed by atoms with Crippen molar-refractivity contribution in [2.75, 3.05) is 0 Å². The predicted molar refractivity (Wildman–Crippen MR) is 39.8 cm³/mol. The van der Waals surface area contributed by atoms with Crippen molar-refractivity contribution >= 4 is 43.5 Å². The monoisotopic (exact) mass is 274 g/mol. The van der Waals surface area contributed by atoms with Crippen LogP contribution >= 0.6 is 43.5 Å². The van der Waals surface area contributed by atoms with Gasteiger partial charge < -0.3 is 5.21 Å². The average molecular weight is 276 g/mol. The lowest BCUT2D eigenvalue weighted by Crippen LogP contribution is -1.90. The average Bonchev–Trinajstić information content (AvgIpc) is 1.98. The summed E-state index contributed by atoms with van der Waals surface area (Å²) < 4.78 is 0.759. The Kier molecular flexibility index (Phi) is 2.03. The molecule has 50 valence electrons. The summed E-state index contributed by atoms with van der Waals surface area (Å²) in [5.74, 6) is 0. The second kappa shape index (κ2) is 2.48. The molecular weight excluding hydrogens is 275 g/mol. The van der Waals surface area contributed by atoms with Crippen molar-refractivity contribution in [2.45, 2.75) is 0 Å². The first-order valence-electron chi connectivity index (χ1n) is 1.91. The van der Waals surface area contributed by atoms with E-state index in [4.69, 9.17) is 16.8 Å². The van der Waals surface area contributed by atoms with Gasteiger partial charge >= 0.3 is 0 Å². The molecule has 1 aromatic heterocycles. The van der Waals surface area contributed by atoms with Crippen molar-refractivity contribution in [1.82, 2.24) is 9.94 Å². The van der Waals surface area contributed by atoms with Gasteiger partial charge in [-0.2, -0.15) is 0 Å². The third-order valence-electron chi connectivity index (χ3n) is 0.720. The lowest BCUT2D eigenvalue weighted by molar-refractivity contribution is 0.141. The zero-order valence-electron chi connectivity index (χ0n) is 3.98. The second-order valence-electron chi connectivity index (χ2n) is 1.29. The van der Waals surface area contributed by atoms with Crippen molar-refractivity contribution in [3.63, 3.8) is 0 Å². The highest BCUT2D eigenvalue weighted by atomic mass is 79.9. The van der Waals surface area contributed by atoms with Gasteiger partial charge in [0, 0.05) is 0 Å². The highest BCUT2D eigenvalue weighted by Gasteiger charge is 2.09. The SMILES string of the molecule is On1nc(Br)c(Cl)c1Br. The van der Waals surface area contributed by atoms with Gasteiger partial charge in [-0.25, -0.2) is 0 Å². The Morgan fingerprint density at radius 3 is 2.22 bits per heavy atom. The van der Waals surface area contributed by atoms with Gasteiger partial charge in [0.05, 0.1) is 0 Å². The molecule has 0 amide bonds. The van der Waals surface area contributed by atoms with Crippen LogP contribution < -0.4 is 0 Å². The van der Waals surface area contributed by atoms with Crippen LogP contribution in [0.4, 0.5) is 0 Å². The normalized spacial score (nSPS) is 10.1. The molecule has 0 aliphatic carbocycles. The van der Waals surface area contributed by atoms with Gasteiger partial charge in [-0.05, 0) is 31.9 Å². The van der Waals surface area contributed by atoms with Crippen LogP contribution in [0, 0.1) is 0 Å². The number of hydrogen-bond acceptors (Lipinski definition) is 2. The summed E-state index contributed by atoms with van der Waals surface area (Å²) in [4.78, 5) is 0.645. The molecule has 0 spiro atoms. The number of halogens is 3. The summed E-state index contributed by atoms with van der Waals surface area (Å²) >= 11 is 11.6. The van der Waals surface area contributed by atoms with Crippen molar-refractivity contribution < 1.29 is 5.21 Å². The predicted octanol–water partition coefficient (Wildman–Crippen LogP) is 2.30. The van der Waals surface area contributed by atoms with E-state index in [1.807, 2.05) is 0 Å². The van der Waals surface area contributed by atoms with Crippen LogP contribution in [0.15, 0.2) is 9.21 Å². The Labute approximate surface area is 72.8 Å². The smallest absolute Gasteiger partial charge is 0.165 e. The molecule has 0 saturated heterocycles. The number of nitrogens with zero attached hydrogens (tertiary/aromatic N) is 2. The van der Waals surface area contributed by atoms with E-state index in [-0.39, 0.29) is 0 Å². The van der Waals surface area contributed by atoms with Crippen molar-refractivity contribution in [3.05, 3.63) is 14.2 Å². The maximum absolute atomic E-state index is 8.77. The Bertz CT molecular complexity index is 213. The molecule has 0 fully saturated rings. The first kappa shape index (κ1) is 7.37. The lowest BCUT2D eigenvalue weighted by atomic mass is 10.7. The van der Waals surface area contributed by atoms with Crippen LogP contribution in [-0.4, -0.2) is 15.2 Å². The largest absolute Gasteiger partial charge is 0.411 e. The molecule has 1 N–H and O–H groups in total. The minimum atomic E-state index is 0.344. The molecule has 0 bridgehead atoms. The van der Waals surface area contributed by atoms with E-state index in [2.05, 4.69) is 37.0 Å². The molecule has 0 saturated carbocycles. The van der Waals surface area contributed by atoms with Crippen molar-refractivity contribution in [3.8, 4) is 0 Å². The molecule has 6 heteroatoms. The molecule has 3 nitrogen and oxygen atoms in total.